The summed E-state index contributed by atoms with van der Waals surface area (Å²) in [5, 5.41) is 5.53. The van der Waals surface area contributed by atoms with E-state index in [0.717, 1.165) is 5.56 Å². The van der Waals surface area contributed by atoms with Gasteiger partial charge in [-0.3, -0.25) is 14.9 Å². The summed E-state index contributed by atoms with van der Waals surface area (Å²) in [6, 6.07) is 3.89. The van der Waals surface area contributed by atoms with Gasteiger partial charge < -0.3 is 10.2 Å². The van der Waals surface area contributed by atoms with Gasteiger partial charge in [0, 0.05) is 17.8 Å². The minimum absolute atomic E-state index is 0.0783. The Labute approximate surface area is 118 Å². The third-order valence-corrected chi connectivity index (χ3v) is 3.76. The summed E-state index contributed by atoms with van der Waals surface area (Å²) >= 11 is 0. The molecule has 2 amide bonds. The summed E-state index contributed by atoms with van der Waals surface area (Å²) in [7, 11) is 1.86. The summed E-state index contributed by atoms with van der Waals surface area (Å²) < 4.78 is 0. The average Bonchev–Trinajstić information content (AvgIpc) is 2.42. The maximum Gasteiger partial charge on any atom is 0.251 e. The molecular formula is C14H20N4O2. The van der Waals surface area contributed by atoms with Gasteiger partial charge >= 0.3 is 0 Å². The Hall–Kier alpha value is -1.95. The smallest absolute Gasteiger partial charge is 0.251 e. The largest absolute Gasteiger partial charge is 0.333 e. The average molecular weight is 276 g/mol. The molecule has 0 spiro atoms. The summed E-state index contributed by atoms with van der Waals surface area (Å²) in [6.45, 7) is 5.72. The molecule has 6 heteroatoms. The molecule has 0 aliphatic carbocycles. The van der Waals surface area contributed by atoms with E-state index >= 15 is 0 Å². The van der Waals surface area contributed by atoms with Crippen molar-refractivity contribution in [3.05, 3.63) is 23.9 Å². The van der Waals surface area contributed by atoms with Crippen LogP contribution >= 0.6 is 0 Å². The zero-order valence-electron chi connectivity index (χ0n) is 12.2. The van der Waals surface area contributed by atoms with Crippen molar-refractivity contribution in [2.75, 3.05) is 18.5 Å². The van der Waals surface area contributed by atoms with E-state index in [-0.39, 0.29) is 24.4 Å². The Morgan fingerprint density at radius 3 is 2.80 bits per heavy atom. The lowest BCUT2D eigenvalue weighted by Crippen LogP contribution is -2.64. The van der Waals surface area contributed by atoms with Crippen LogP contribution in [-0.4, -0.2) is 35.9 Å². The number of piperazine rings is 1. The van der Waals surface area contributed by atoms with Crippen molar-refractivity contribution in [2.45, 2.75) is 32.4 Å². The number of amides is 2. The Morgan fingerprint density at radius 2 is 2.15 bits per heavy atom. The lowest BCUT2D eigenvalue weighted by atomic mass is 9.97. The van der Waals surface area contributed by atoms with E-state index < -0.39 is 5.54 Å². The molecule has 1 fully saturated rings. The van der Waals surface area contributed by atoms with E-state index in [2.05, 4.69) is 15.6 Å². The molecule has 0 radical (unpaired) electrons. The van der Waals surface area contributed by atoms with E-state index in [0.29, 0.717) is 5.82 Å². The number of aromatic nitrogens is 1. The van der Waals surface area contributed by atoms with E-state index in [1.165, 1.54) is 0 Å². The summed E-state index contributed by atoms with van der Waals surface area (Å²) in [5.41, 5.74) is 0.148. The minimum Gasteiger partial charge on any atom is -0.333 e. The minimum atomic E-state index is -0.815. The summed E-state index contributed by atoms with van der Waals surface area (Å²) in [4.78, 5) is 29.9. The highest BCUT2D eigenvalue weighted by atomic mass is 16.2. The Morgan fingerprint density at radius 1 is 1.45 bits per heavy atom. The fraction of sp³-hybridized carbons (Fsp3) is 0.500. The molecule has 2 rings (SSSR count). The van der Waals surface area contributed by atoms with E-state index in [4.69, 9.17) is 0 Å². The van der Waals surface area contributed by atoms with Gasteiger partial charge in [-0.05, 0) is 33.9 Å². The number of hydrogen-bond acceptors (Lipinski definition) is 5. The van der Waals surface area contributed by atoms with E-state index in [9.17, 15) is 9.59 Å². The number of anilines is 1. The molecule has 1 atom stereocenters. The SMILES string of the molecule is CNC(C)c1cccnc1N1CC(=O)NC(=O)C1(C)C. The van der Waals surface area contributed by atoms with Crippen LogP contribution in [0.15, 0.2) is 18.3 Å². The number of pyridine rings is 1. The third kappa shape index (κ3) is 2.38. The fourth-order valence-corrected chi connectivity index (χ4v) is 2.25. The zero-order chi connectivity index (χ0) is 14.9. The highest BCUT2D eigenvalue weighted by Crippen LogP contribution is 2.30. The molecule has 1 aliphatic rings. The predicted molar refractivity (Wildman–Crippen MR) is 76.3 cm³/mol. The number of carbonyl (C=O) groups is 2. The van der Waals surface area contributed by atoms with Gasteiger partial charge in [0.2, 0.25) is 5.91 Å². The molecular weight excluding hydrogens is 256 g/mol. The van der Waals surface area contributed by atoms with Crippen molar-refractivity contribution in [3.8, 4) is 0 Å². The quantitative estimate of drug-likeness (QED) is 0.791. The molecule has 0 saturated carbocycles. The molecule has 0 aromatic carbocycles. The van der Waals surface area contributed by atoms with Crippen molar-refractivity contribution >= 4 is 17.6 Å². The van der Waals surface area contributed by atoms with Crippen LogP contribution in [0.25, 0.3) is 0 Å². The second-order valence-electron chi connectivity index (χ2n) is 5.45. The van der Waals surface area contributed by atoms with Crippen LogP contribution in [0, 0.1) is 0 Å². The van der Waals surface area contributed by atoms with Crippen molar-refractivity contribution in [1.82, 2.24) is 15.6 Å². The third-order valence-electron chi connectivity index (χ3n) is 3.76. The van der Waals surface area contributed by atoms with Gasteiger partial charge in [-0.25, -0.2) is 4.98 Å². The molecule has 1 aromatic rings. The topological polar surface area (TPSA) is 74.3 Å². The first-order chi connectivity index (χ1) is 9.37. The van der Waals surface area contributed by atoms with Gasteiger partial charge in [0.25, 0.3) is 5.91 Å². The molecule has 1 saturated heterocycles. The Bertz CT molecular complexity index is 542. The highest BCUT2D eigenvalue weighted by molar-refractivity contribution is 6.06. The second-order valence-corrected chi connectivity index (χ2v) is 5.45. The van der Waals surface area contributed by atoms with E-state index in [1.54, 1.807) is 24.9 Å². The molecule has 6 nitrogen and oxygen atoms in total. The normalized spacial score (nSPS) is 19.7. The Kier molecular flexibility index (Phi) is 3.76. The molecule has 0 bridgehead atoms. The number of rotatable bonds is 3. The number of carbonyl (C=O) groups excluding carboxylic acids is 2. The molecule has 2 N–H and O–H groups in total. The van der Waals surface area contributed by atoms with Crippen LogP contribution in [0.1, 0.15) is 32.4 Å². The van der Waals surface area contributed by atoms with Gasteiger partial charge in [0.05, 0.1) is 6.54 Å². The van der Waals surface area contributed by atoms with Crippen LogP contribution in [-0.2, 0) is 9.59 Å². The summed E-state index contributed by atoms with van der Waals surface area (Å²) in [6.07, 6.45) is 1.67. The van der Waals surface area contributed by atoms with Crippen molar-refractivity contribution < 1.29 is 9.59 Å². The van der Waals surface area contributed by atoms with Crippen LogP contribution in [0.3, 0.4) is 0 Å². The van der Waals surface area contributed by atoms with Gasteiger partial charge in [-0.2, -0.15) is 0 Å². The fourth-order valence-electron chi connectivity index (χ4n) is 2.25. The standard InChI is InChI=1S/C14H20N4O2/c1-9(15-4)10-6-5-7-16-12(10)18-8-11(19)17-13(20)14(18,2)3/h5-7,9,15H,8H2,1-4H3,(H,17,19,20). The lowest BCUT2D eigenvalue weighted by Gasteiger charge is -2.42. The summed E-state index contributed by atoms with van der Waals surface area (Å²) in [5.74, 6) is 0.0630. The first-order valence-corrected chi connectivity index (χ1v) is 6.62. The molecule has 1 aliphatic heterocycles. The predicted octanol–water partition coefficient (Wildman–Crippen LogP) is 0.603. The number of imide groups is 1. The molecule has 1 unspecified atom stereocenters. The lowest BCUT2D eigenvalue weighted by molar-refractivity contribution is -0.135. The second kappa shape index (κ2) is 5.20. The first-order valence-electron chi connectivity index (χ1n) is 6.62. The molecule has 2 heterocycles. The van der Waals surface area contributed by atoms with Crippen molar-refractivity contribution in [3.63, 3.8) is 0 Å². The van der Waals surface area contributed by atoms with Gasteiger partial charge in [-0.15, -0.1) is 0 Å². The zero-order valence-corrected chi connectivity index (χ0v) is 12.2. The number of nitrogens with one attached hydrogen (secondary N) is 2. The van der Waals surface area contributed by atoms with Crippen LogP contribution in [0.5, 0.6) is 0 Å². The van der Waals surface area contributed by atoms with Crippen LogP contribution < -0.4 is 15.5 Å². The molecule has 20 heavy (non-hydrogen) atoms. The number of hydrogen-bond donors (Lipinski definition) is 2. The van der Waals surface area contributed by atoms with Crippen molar-refractivity contribution in [2.24, 2.45) is 0 Å². The molecule has 108 valence electrons. The van der Waals surface area contributed by atoms with Crippen LogP contribution in [0.4, 0.5) is 5.82 Å². The monoisotopic (exact) mass is 276 g/mol. The number of nitrogens with zero attached hydrogens (tertiary/aromatic N) is 2. The van der Waals surface area contributed by atoms with Gasteiger partial charge in [0.1, 0.15) is 11.4 Å². The Balaban J connectivity index is 2.49. The van der Waals surface area contributed by atoms with Gasteiger partial charge in [0.15, 0.2) is 0 Å². The molecule has 1 aromatic heterocycles. The van der Waals surface area contributed by atoms with E-state index in [1.807, 2.05) is 26.1 Å². The van der Waals surface area contributed by atoms with Gasteiger partial charge in [-0.1, -0.05) is 6.07 Å². The van der Waals surface area contributed by atoms with Crippen molar-refractivity contribution in [1.29, 1.82) is 0 Å². The maximum absolute atomic E-state index is 12.0. The van der Waals surface area contributed by atoms with Crippen LogP contribution in [0.2, 0.25) is 0 Å². The maximum atomic E-state index is 12.0. The highest BCUT2D eigenvalue weighted by Gasteiger charge is 2.42. The first kappa shape index (κ1) is 14.5.